The smallest absolute Gasteiger partial charge is 0.341 e. The fourth-order valence-electron chi connectivity index (χ4n) is 2.88. The number of thiophene rings is 1. The molecule has 2 aromatic heterocycles. The Labute approximate surface area is 147 Å². The van der Waals surface area contributed by atoms with E-state index in [0.717, 1.165) is 53.2 Å². The fourth-order valence-corrected chi connectivity index (χ4v) is 4.91. The van der Waals surface area contributed by atoms with Gasteiger partial charge in [0.2, 0.25) is 5.91 Å². The van der Waals surface area contributed by atoms with Crippen molar-refractivity contribution in [2.75, 3.05) is 12.4 Å². The van der Waals surface area contributed by atoms with Gasteiger partial charge >= 0.3 is 10.8 Å². The van der Waals surface area contributed by atoms with Gasteiger partial charge in [-0.1, -0.05) is 11.3 Å². The largest absolute Gasteiger partial charge is 0.465 e. The third kappa shape index (κ3) is 3.16. The summed E-state index contributed by atoms with van der Waals surface area (Å²) in [5, 5.41) is 5.05. The van der Waals surface area contributed by atoms with Crippen molar-refractivity contribution in [2.45, 2.75) is 39.2 Å². The van der Waals surface area contributed by atoms with Gasteiger partial charge in [0.25, 0.3) is 0 Å². The predicted molar refractivity (Wildman–Crippen MR) is 94.2 cm³/mol. The van der Waals surface area contributed by atoms with Crippen molar-refractivity contribution in [1.82, 2.24) is 4.57 Å². The van der Waals surface area contributed by atoms with Crippen LogP contribution < -0.4 is 10.2 Å². The topological polar surface area (TPSA) is 77.4 Å². The average Bonchev–Trinajstić information content (AvgIpc) is 3.08. The molecule has 0 unspecified atom stereocenters. The first-order chi connectivity index (χ1) is 11.5. The van der Waals surface area contributed by atoms with Crippen LogP contribution in [0.2, 0.25) is 0 Å². The maximum Gasteiger partial charge on any atom is 0.341 e. The highest BCUT2D eigenvalue weighted by Crippen LogP contribution is 2.38. The zero-order chi connectivity index (χ0) is 17.3. The molecule has 8 heteroatoms. The Balaban J connectivity index is 1.86. The molecule has 0 aliphatic heterocycles. The minimum atomic E-state index is -0.423. The number of aryl methyl sites for hydroxylation is 2. The second-order valence-corrected chi connectivity index (χ2v) is 7.61. The molecule has 128 valence electrons. The first-order valence-electron chi connectivity index (χ1n) is 7.69. The molecule has 1 N–H and O–H groups in total. The van der Waals surface area contributed by atoms with Crippen LogP contribution in [0.1, 0.15) is 39.3 Å². The van der Waals surface area contributed by atoms with E-state index in [4.69, 9.17) is 4.74 Å². The summed E-state index contributed by atoms with van der Waals surface area (Å²) in [5.41, 5.74) is 2.22. The number of fused-ring (bicyclic) bond motifs is 1. The van der Waals surface area contributed by atoms with E-state index in [-0.39, 0.29) is 17.3 Å². The first-order valence-corrected chi connectivity index (χ1v) is 9.38. The number of carbonyl (C=O) groups is 2. The van der Waals surface area contributed by atoms with E-state index < -0.39 is 5.97 Å². The molecule has 0 atom stereocenters. The van der Waals surface area contributed by atoms with Gasteiger partial charge in [0.15, 0.2) is 0 Å². The molecule has 1 aliphatic carbocycles. The fraction of sp³-hybridized carbons (Fsp3) is 0.438. The number of carbonyl (C=O) groups excluding carboxylic acids is 2. The molecule has 0 saturated carbocycles. The molecule has 0 aromatic carbocycles. The summed E-state index contributed by atoms with van der Waals surface area (Å²) in [5.74, 6) is -0.740. The van der Waals surface area contributed by atoms with Crippen molar-refractivity contribution in [1.29, 1.82) is 0 Å². The van der Waals surface area contributed by atoms with E-state index >= 15 is 0 Å². The molecule has 3 rings (SSSR count). The van der Waals surface area contributed by atoms with Crippen molar-refractivity contribution in [2.24, 2.45) is 0 Å². The number of nitrogens with one attached hydrogen (secondary N) is 1. The summed E-state index contributed by atoms with van der Waals surface area (Å²) in [7, 11) is 1.34. The Morgan fingerprint density at radius 2 is 2.08 bits per heavy atom. The van der Waals surface area contributed by atoms with Gasteiger partial charge in [0.05, 0.1) is 12.7 Å². The maximum atomic E-state index is 12.3. The Morgan fingerprint density at radius 1 is 1.33 bits per heavy atom. The molecule has 1 aliphatic rings. The minimum absolute atomic E-state index is 0.0582. The Hall–Kier alpha value is -1.93. The number of aromatic nitrogens is 1. The van der Waals surface area contributed by atoms with Crippen molar-refractivity contribution in [3.8, 4) is 0 Å². The maximum absolute atomic E-state index is 12.3. The summed E-state index contributed by atoms with van der Waals surface area (Å²) in [6, 6.07) is 0. The van der Waals surface area contributed by atoms with Gasteiger partial charge in [-0.2, -0.15) is 0 Å². The van der Waals surface area contributed by atoms with Gasteiger partial charge in [0, 0.05) is 16.0 Å². The Kier molecular flexibility index (Phi) is 4.86. The highest BCUT2D eigenvalue weighted by Gasteiger charge is 2.27. The molecule has 1 amide bonds. The van der Waals surface area contributed by atoms with Gasteiger partial charge in [-0.05, 0) is 38.2 Å². The van der Waals surface area contributed by atoms with E-state index in [0.29, 0.717) is 10.6 Å². The molecule has 6 nitrogen and oxygen atoms in total. The lowest BCUT2D eigenvalue weighted by Crippen LogP contribution is -2.25. The van der Waals surface area contributed by atoms with Crippen LogP contribution in [-0.2, 0) is 28.9 Å². The molecule has 2 aromatic rings. The van der Waals surface area contributed by atoms with Crippen LogP contribution in [0, 0.1) is 6.92 Å². The van der Waals surface area contributed by atoms with E-state index in [9.17, 15) is 14.4 Å². The van der Waals surface area contributed by atoms with Crippen LogP contribution in [0.15, 0.2) is 10.2 Å². The summed E-state index contributed by atoms with van der Waals surface area (Å²) >= 11 is 2.51. The Bertz CT molecular complexity index is 847. The molecule has 0 fully saturated rings. The second kappa shape index (κ2) is 6.90. The molecule has 0 bridgehead atoms. The molecule has 2 heterocycles. The summed E-state index contributed by atoms with van der Waals surface area (Å²) in [6.07, 6.45) is 3.87. The van der Waals surface area contributed by atoms with Crippen molar-refractivity contribution < 1.29 is 14.3 Å². The second-order valence-electron chi connectivity index (χ2n) is 5.68. The molecule has 0 spiro atoms. The summed E-state index contributed by atoms with van der Waals surface area (Å²) < 4.78 is 6.31. The van der Waals surface area contributed by atoms with Gasteiger partial charge in [0.1, 0.15) is 11.5 Å². The van der Waals surface area contributed by atoms with Gasteiger partial charge in [-0.3, -0.25) is 14.2 Å². The highest BCUT2D eigenvalue weighted by molar-refractivity contribution is 7.17. The number of anilines is 1. The van der Waals surface area contributed by atoms with Crippen LogP contribution in [0.5, 0.6) is 0 Å². The predicted octanol–water partition coefficient (Wildman–Crippen LogP) is 2.58. The van der Waals surface area contributed by atoms with Crippen molar-refractivity contribution in [3.05, 3.63) is 36.7 Å². The van der Waals surface area contributed by atoms with Crippen LogP contribution in [-0.4, -0.2) is 23.6 Å². The van der Waals surface area contributed by atoms with Crippen LogP contribution in [0.25, 0.3) is 0 Å². The van der Waals surface area contributed by atoms with E-state index in [1.54, 1.807) is 12.3 Å². The number of nitrogens with zero attached hydrogens (tertiary/aromatic N) is 1. The highest BCUT2D eigenvalue weighted by atomic mass is 32.1. The van der Waals surface area contributed by atoms with Crippen molar-refractivity contribution in [3.63, 3.8) is 0 Å². The molecular formula is C16H18N2O4S2. The zero-order valence-corrected chi connectivity index (χ0v) is 15.1. The zero-order valence-electron chi connectivity index (χ0n) is 13.5. The number of hydrogen-bond donors (Lipinski definition) is 1. The normalized spacial score (nSPS) is 13.4. The standard InChI is InChI=1S/C16H18N2O4S2/c1-9-8-23-16(21)18(9)7-12(19)17-14-13(15(20)22-2)10-5-3-4-6-11(10)24-14/h8H,3-7H2,1-2H3,(H,17,19). The van der Waals surface area contributed by atoms with Gasteiger partial charge in [-0.25, -0.2) is 4.79 Å². The monoisotopic (exact) mass is 366 g/mol. The van der Waals surface area contributed by atoms with Gasteiger partial charge < -0.3 is 10.1 Å². The molecule has 24 heavy (non-hydrogen) atoms. The first kappa shape index (κ1) is 16.9. The molecule has 0 radical (unpaired) electrons. The van der Waals surface area contributed by atoms with E-state index in [2.05, 4.69) is 5.32 Å². The average molecular weight is 366 g/mol. The number of ether oxygens (including phenoxy) is 1. The van der Waals surface area contributed by atoms with E-state index in [1.807, 2.05) is 0 Å². The number of thiazole rings is 1. The number of amides is 1. The lowest BCUT2D eigenvalue weighted by Gasteiger charge is -2.11. The van der Waals surface area contributed by atoms with Crippen molar-refractivity contribution >= 4 is 39.6 Å². The number of hydrogen-bond acceptors (Lipinski definition) is 6. The van der Waals surface area contributed by atoms with E-state index in [1.165, 1.54) is 23.0 Å². The van der Waals surface area contributed by atoms with Gasteiger partial charge in [-0.15, -0.1) is 11.3 Å². The lowest BCUT2D eigenvalue weighted by atomic mass is 9.95. The number of rotatable bonds is 4. The molecular weight excluding hydrogens is 348 g/mol. The summed E-state index contributed by atoms with van der Waals surface area (Å²) in [6.45, 7) is 1.73. The quantitative estimate of drug-likeness (QED) is 0.844. The minimum Gasteiger partial charge on any atom is -0.465 e. The SMILES string of the molecule is COC(=O)c1c(NC(=O)Cn2c(C)csc2=O)sc2c1CCCC2. The Morgan fingerprint density at radius 3 is 2.75 bits per heavy atom. The van der Waals surface area contributed by atoms with Crippen LogP contribution in [0.4, 0.5) is 5.00 Å². The number of methoxy groups -OCH3 is 1. The lowest BCUT2D eigenvalue weighted by molar-refractivity contribution is -0.116. The summed E-state index contributed by atoms with van der Waals surface area (Å²) in [4.78, 5) is 37.2. The van der Waals surface area contributed by atoms with Crippen LogP contribution in [0.3, 0.4) is 0 Å². The van der Waals surface area contributed by atoms with Crippen LogP contribution >= 0.6 is 22.7 Å². The number of esters is 1. The molecule has 0 saturated heterocycles. The third-order valence-corrected chi connectivity index (χ3v) is 6.18. The third-order valence-electron chi connectivity index (χ3n) is 4.09.